The lowest BCUT2D eigenvalue weighted by Crippen LogP contribution is -2.42. The van der Waals surface area contributed by atoms with Gasteiger partial charge in [0, 0.05) is 24.0 Å². The van der Waals surface area contributed by atoms with Crippen molar-refractivity contribution >= 4 is 39.4 Å². The SMILES string of the molecule is O=C(C1CCN(c2ccccc2Br)C1=O)N1CCC(F)(C(=O)O)C1. The number of para-hydroxylation sites is 1. The Morgan fingerprint density at radius 2 is 2.00 bits per heavy atom. The summed E-state index contributed by atoms with van der Waals surface area (Å²) in [5.41, 5.74) is -1.73. The van der Waals surface area contributed by atoms with Crippen LogP contribution in [0.3, 0.4) is 0 Å². The van der Waals surface area contributed by atoms with E-state index < -0.39 is 30.0 Å². The number of benzene rings is 1. The van der Waals surface area contributed by atoms with E-state index in [9.17, 15) is 18.8 Å². The first kappa shape index (κ1) is 16.9. The highest BCUT2D eigenvalue weighted by Gasteiger charge is 2.49. The Morgan fingerprint density at radius 1 is 1.29 bits per heavy atom. The summed E-state index contributed by atoms with van der Waals surface area (Å²) in [4.78, 5) is 38.8. The summed E-state index contributed by atoms with van der Waals surface area (Å²) >= 11 is 3.38. The summed E-state index contributed by atoms with van der Waals surface area (Å²) in [6.07, 6.45) is 0.0881. The Balaban J connectivity index is 1.73. The Hall–Kier alpha value is -1.96. The fourth-order valence-corrected chi connectivity index (χ4v) is 3.67. The number of hydrogen-bond acceptors (Lipinski definition) is 3. The second-order valence-corrected chi connectivity index (χ2v) is 6.92. The van der Waals surface area contributed by atoms with Gasteiger partial charge in [0.05, 0.1) is 12.2 Å². The van der Waals surface area contributed by atoms with Crippen LogP contribution < -0.4 is 4.90 Å². The monoisotopic (exact) mass is 398 g/mol. The Kier molecular flexibility index (Phi) is 4.33. The number of alkyl halides is 1. The molecule has 2 aliphatic rings. The minimum absolute atomic E-state index is 0.0143. The van der Waals surface area contributed by atoms with Gasteiger partial charge in [0.2, 0.25) is 17.5 Å². The third-order valence-electron chi connectivity index (χ3n) is 4.56. The summed E-state index contributed by atoms with van der Waals surface area (Å²) in [7, 11) is 0. The van der Waals surface area contributed by atoms with Gasteiger partial charge in [0.1, 0.15) is 5.92 Å². The summed E-state index contributed by atoms with van der Waals surface area (Å²) in [5, 5.41) is 8.92. The molecule has 2 heterocycles. The van der Waals surface area contributed by atoms with Crippen molar-refractivity contribution in [1.82, 2.24) is 4.90 Å². The number of carbonyl (C=O) groups excluding carboxylic acids is 2. The molecular weight excluding hydrogens is 383 g/mol. The topological polar surface area (TPSA) is 77.9 Å². The largest absolute Gasteiger partial charge is 0.479 e. The molecule has 0 saturated carbocycles. The molecule has 2 amide bonds. The molecule has 0 bridgehead atoms. The summed E-state index contributed by atoms with van der Waals surface area (Å²) in [6, 6.07) is 7.21. The van der Waals surface area contributed by atoms with Gasteiger partial charge in [-0.3, -0.25) is 9.59 Å². The van der Waals surface area contributed by atoms with Crippen LogP contribution in [0.4, 0.5) is 10.1 Å². The van der Waals surface area contributed by atoms with Crippen molar-refractivity contribution in [2.45, 2.75) is 18.5 Å². The van der Waals surface area contributed by atoms with E-state index in [-0.39, 0.29) is 18.9 Å². The predicted octanol–water partition coefficient (Wildman–Crippen LogP) is 1.83. The fourth-order valence-electron chi connectivity index (χ4n) is 3.17. The molecule has 2 fully saturated rings. The first-order valence-corrected chi connectivity index (χ1v) is 8.40. The van der Waals surface area contributed by atoms with Crippen molar-refractivity contribution in [2.24, 2.45) is 5.92 Å². The van der Waals surface area contributed by atoms with Crippen molar-refractivity contribution in [3.8, 4) is 0 Å². The van der Waals surface area contributed by atoms with Crippen LogP contribution in [0.25, 0.3) is 0 Å². The molecule has 2 saturated heterocycles. The van der Waals surface area contributed by atoms with Crippen LogP contribution in [0, 0.1) is 5.92 Å². The summed E-state index contributed by atoms with van der Waals surface area (Å²) in [5.74, 6) is -3.27. The minimum Gasteiger partial charge on any atom is -0.479 e. The van der Waals surface area contributed by atoms with Crippen LogP contribution in [0.15, 0.2) is 28.7 Å². The molecule has 0 aromatic heterocycles. The number of carboxylic acid groups (broad SMARTS) is 1. The maximum Gasteiger partial charge on any atom is 0.343 e. The molecule has 8 heteroatoms. The molecule has 1 aromatic carbocycles. The number of hydrogen-bond donors (Lipinski definition) is 1. The number of likely N-dealkylation sites (tertiary alicyclic amines) is 1. The third-order valence-corrected chi connectivity index (χ3v) is 5.23. The van der Waals surface area contributed by atoms with E-state index >= 15 is 0 Å². The van der Waals surface area contributed by atoms with E-state index in [1.54, 1.807) is 12.1 Å². The van der Waals surface area contributed by atoms with Gasteiger partial charge in [-0.2, -0.15) is 0 Å². The molecule has 3 rings (SSSR count). The van der Waals surface area contributed by atoms with Crippen LogP contribution >= 0.6 is 15.9 Å². The van der Waals surface area contributed by atoms with Crippen molar-refractivity contribution in [3.05, 3.63) is 28.7 Å². The lowest BCUT2D eigenvalue weighted by molar-refractivity contribution is -0.150. The number of anilines is 1. The highest BCUT2D eigenvalue weighted by molar-refractivity contribution is 9.10. The highest BCUT2D eigenvalue weighted by atomic mass is 79.9. The fraction of sp³-hybridized carbons (Fsp3) is 0.438. The van der Waals surface area contributed by atoms with Gasteiger partial charge in [-0.1, -0.05) is 12.1 Å². The van der Waals surface area contributed by atoms with E-state index in [1.807, 2.05) is 12.1 Å². The zero-order valence-electron chi connectivity index (χ0n) is 12.7. The van der Waals surface area contributed by atoms with Crippen LogP contribution in [-0.4, -0.2) is 53.1 Å². The zero-order valence-corrected chi connectivity index (χ0v) is 14.3. The second kappa shape index (κ2) is 6.16. The molecule has 2 unspecified atom stereocenters. The van der Waals surface area contributed by atoms with Crippen LogP contribution in [0.1, 0.15) is 12.8 Å². The zero-order chi connectivity index (χ0) is 17.5. The molecule has 1 aromatic rings. The smallest absolute Gasteiger partial charge is 0.343 e. The van der Waals surface area contributed by atoms with Gasteiger partial charge in [-0.15, -0.1) is 0 Å². The van der Waals surface area contributed by atoms with Crippen molar-refractivity contribution in [1.29, 1.82) is 0 Å². The Labute approximate surface area is 146 Å². The number of rotatable bonds is 3. The number of carboxylic acids is 1. The maximum atomic E-state index is 14.1. The van der Waals surface area contributed by atoms with Crippen molar-refractivity contribution in [3.63, 3.8) is 0 Å². The van der Waals surface area contributed by atoms with Gasteiger partial charge >= 0.3 is 5.97 Å². The quantitative estimate of drug-likeness (QED) is 0.787. The number of halogens is 2. The van der Waals surface area contributed by atoms with Crippen molar-refractivity contribution in [2.75, 3.05) is 24.5 Å². The molecule has 6 nitrogen and oxygen atoms in total. The van der Waals surface area contributed by atoms with E-state index in [0.717, 1.165) is 9.37 Å². The first-order valence-electron chi connectivity index (χ1n) is 7.60. The average molecular weight is 399 g/mol. The molecule has 0 radical (unpaired) electrons. The maximum absolute atomic E-state index is 14.1. The summed E-state index contributed by atoms with van der Waals surface area (Å²) < 4.78 is 14.9. The van der Waals surface area contributed by atoms with Crippen LogP contribution in [0.5, 0.6) is 0 Å². The van der Waals surface area contributed by atoms with Crippen molar-refractivity contribution < 1.29 is 23.9 Å². The van der Waals surface area contributed by atoms with E-state index in [1.165, 1.54) is 4.90 Å². The van der Waals surface area contributed by atoms with Gasteiger partial charge in [0.15, 0.2) is 0 Å². The lowest BCUT2D eigenvalue weighted by Gasteiger charge is -2.22. The molecule has 0 aliphatic carbocycles. The van der Waals surface area contributed by atoms with E-state index in [2.05, 4.69) is 15.9 Å². The molecule has 2 aliphatic heterocycles. The number of aliphatic carboxylic acids is 1. The standard InChI is InChI=1S/C16H16BrFN2O4/c17-11-3-1-2-4-12(11)20-7-5-10(14(20)22)13(21)19-8-6-16(18,9-19)15(23)24/h1-4,10H,5-9H2,(H,23,24). The first-order chi connectivity index (χ1) is 11.3. The molecule has 1 N–H and O–H groups in total. The van der Waals surface area contributed by atoms with Gasteiger partial charge in [0.25, 0.3) is 0 Å². The van der Waals surface area contributed by atoms with Crippen LogP contribution in [-0.2, 0) is 14.4 Å². The van der Waals surface area contributed by atoms with E-state index in [0.29, 0.717) is 18.7 Å². The molecule has 128 valence electrons. The van der Waals surface area contributed by atoms with Gasteiger partial charge in [-0.25, -0.2) is 9.18 Å². The predicted molar refractivity (Wildman–Crippen MR) is 87.3 cm³/mol. The Morgan fingerprint density at radius 3 is 2.62 bits per heavy atom. The molecule has 0 spiro atoms. The third kappa shape index (κ3) is 2.79. The summed E-state index contributed by atoms with van der Waals surface area (Å²) in [6.45, 7) is -0.0915. The van der Waals surface area contributed by atoms with E-state index in [4.69, 9.17) is 5.11 Å². The minimum atomic E-state index is -2.42. The Bertz CT molecular complexity index is 713. The van der Waals surface area contributed by atoms with Crippen LogP contribution in [0.2, 0.25) is 0 Å². The average Bonchev–Trinajstić information content (AvgIpc) is 3.12. The number of amides is 2. The molecular formula is C16H16BrFN2O4. The molecule has 2 atom stereocenters. The molecule has 24 heavy (non-hydrogen) atoms. The normalized spacial score (nSPS) is 26.9. The second-order valence-electron chi connectivity index (χ2n) is 6.06. The van der Waals surface area contributed by atoms with Gasteiger partial charge in [-0.05, 0) is 34.5 Å². The number of carbonyl (C=O) groups is 3. The number of nitrogens with zero attached hydrogens (tertiary/aromatic N) is 2. The lowest BCUT2D eigenvalue weighted by atomic mass is 10.1. The van der Waals surface area contributed by atoms with Gasteiger partial charge < -0.3 is 14.9 Å². The highest BCUT2D eigenvalue weighted by Crippen LogP contribution is 2.33.